The molecule has 22 heavy (non-hydrogen) atoms. The fourth-order valence-corrected chi connectivity index (χ4v) is 2.06. The molecule has 0 aliphatic heterocycles. The number of aliphatic carboxylic acids is 1. The topological polar surface area (TPSA) is 59.3 Å². The highest BCUT2D eigenvalue weighted by Crippen LogP contribution is 2.15. The zero-order chi connectivity index (χ0) is 16.3. The summed E-state index contributed by atoms with van der Waals surface area (Å²) in [5.41, 5.74) is 0.0256. The number of hydrogen-bond donors (Lipinski definition) is 1. The Morgan fingerprint density at radius 2 is 1.73 bits per heavy atom. The highest BCUT2D eigenvalue weighted by atomic mass is 35.5. The van der Waals surface area contributed by atoms with Gasteiger partial charge in [0.15, 0.2) is 0 Å². The number of hydrogen-bond acceptors (Lipinski definition) is 2. The van der Waals surface area contributed by atoms with Gasteiger partial charge in [0, 0.05) is 17.3 Å². The van der Waals surface area contributed by atoms with Crippen molar-refractivity contribution in [3.63, 3.8) is 0 Å². The van der Waals surface area contributed by atoms with Gasteiger partial charge in [0.05, 0.1) is 0 Å². The SMILES string of the molecule is CC(C)(C(=O)O)n1ccc(/C=C/c2ccc(Cl)cc2)cc1=O. The summed E-state index contributed by atoms with van der Waals surface area (Å²) in [4.78, 5) is 23.3. The van der Waals surface area contributed by atoms with Crippen molar-refractivity contribution >= 4 is 29.7 Å². The number of halogens is 1. The molecule has 0 fully saturated rings. The van der Waals surface area contributed by atoms with Gasteiger partial charge in [-0.1, -0.05) is 35.9 Å². The summed E-state index contributed by atoms with van der Waals surface area (Å²) in [6.07, 6.45) is 5.15. The summed E-state index contributed by atoms with van der Waals surface area (Å²) in [5, 5.41) is 9.84. The first kappa shape index (κ1) is 16.0. The van der Waals surface area contributed by atoms with Crippen molar-refractivity contribution in [1.29, 1.82) is 0 Å². The monoisotopic (exact) mass is 317 g/mol. The number of carboxylic acids is 1. The summed E-state index contributed by atoms with van der Waals surface area (Å²) in [7, 11) is 0. The predicted molar refractivity (Wildman–Crippen MR) is 88.0 cm³/mol. The first-order valence-electron chi connectivity index (χ1n) is 6.71. The molecule has 5 heteroatoms. The van der Waals surface area contributed by atoms with Gasteiger partial charge in [-0.05, 0) is 43.2 Å². The van der Waals surface area contributed by atoms with E-state index in [0.717, 1.165) is 5.56 Å². The largest absolute Gasteiger partial charge is 0.480 e. The van der Waals surface area contributed by atoms with E-state index in [0.29, 0.717) is 10.6 Å². The lowest BCUT2D eigenvalue weighted by Crippen LogP contribution is -2.42. The quantitative estimate of drug-likeness (QED) is 0.939. The number of benzene rings is 1. The number of rotatable bonds is 4. The van der Waals surface area contributed by atoms with Crippen molar-refractivity contribution in [2.45, 2.75) is 19.4 Å². The number of carboxylic acid groups (broad SMARTS) is 1. The molecule has 0 amide bonds. The summed E-state index contributed by atoms with van der Waals surface area (Å²) in [5.74, 6) is -1.06. The number of aromatic nitrogens is 1. The third-order valence-corrected chi connectivity index (χ3v) is 3.66. The first-order chi connectivity index (χ1) is 10.3. The highest BCUT2D eigenvalue weighted by Gasteiger charge is 2.29. The van der Waals surface area contributed by atoms with E-state index >= 15 is 0 Å². The van der Waals surface area contributed by atoms with Crippen molar-refractivity contribution in [2.24, 2.45) is 0 Å². The fraction of sp³-hybridized carbons (Fsp3) is 0.176. The lowest BCUT2D eigenvalue weighted by molar-refractivity contribution is -0.145. The Kier molecular flexibility index (Phi) is 4.52. The second kappa shape index (κ2) is 6.20. The molecule has 1 aromatic carbocycles. The minimum absolute atomic E-state index is 0.356. The van der Waals surface area contributed by atoms with Gasteiger partial charge in [0.1, 0.15) is 5.54 Å². The molecule has 4 nitrogen and oxygen atoms in total. The van der Waals surface area contributed by atoms with Crippen LogP contribution in [0.3, 0.4) is 0 Å². The molecule has 1 heterocycles. The lowest BCUT2D eigenvalue weighted by Gasteiger charge is -2.22. The Balaban J connectivity index is 2.28. The molecule has 0 saturated carbocycles. The van der Waals surface area contributed by atoms with Crippen molar-refractivity contribution < 1.29 is 9.90 Å². The van der Waals surface area contributed by atoms with Crippen LogP contribution in [0.1, 0.15) is 25.0 Å². The summed E-state index contributed by atoms with van der Waals surface area (Å²) >= 11 is 5.82. The van der Waals surface area contributed by atoms with Gasteiger partial charge in [-0.15, -0.1) is 0 Å². The molecule has 0 bridgehead atoms. The van der Waals surface area contributed by atoms with Gasteiger partial charge in [0.25, 0.3) is 5.56 Å². The highest BCUT2D eigenvalue weighted by molar-refractivity contribution is 6.30. The lowest BCUT2D eigenvalue weighted by atomic mass is 10.1. The Morgan fingerprint density at radius 1 is 1.14 bits per heavy atom. The van der Waals surface area contributed by atoms with Gasteiger partial charge in [-0.3, -0.25) is 9.36 Å². The Bertz CT molecular complexity index is 773. The van der Waals surface area contributed by atoms with Crippen molar-refractivity contribution in [3.05, 3.63) is 69.1 Å². The Hall–Kier alpha value is -2.33. The second-order valence-corrected chi connectivity index (χ2v) is 5.85. The number of carbonyl (C=O) groups is 1. The molecule has 1 aromatic heterocycles. The predicted octanol–water partition coefficient (Wildman–Crippen LogP) is 3.49. The minimum atomic E-state index is -1.28. The van der Waals surface area contributed by atoms with E-state index in [9.17, 15) is 14.7 Å². The van der Waals surface area contributed by atoms with Crippen LogP contribution in [0, 0.1) is 0 Å². The van der Waals surface area contributed by atoms with Gasteiger partial charge in [-0.25, -0.2) is 4.79 Å². The van der Waals surface area contributed by atoms with Crippen LogP contribution in [0.15, 0.2) is 47.4 Å². The van der Waals surface area contributed by atoms with E-state index in [4.69, 9.17) is 11.6 Å². The normalized spacial score (nSPS) is 11.8. The van der Waals surface area contributed by atoms with E-state index in [1.54, 1.807) is 24.3 Å². The van der Waals surface area contributed by atoms with Crippen molar-refractivity contribution in [3.8, 4) is 0 Å². The molecular formula is C17H16ClNO3. The van der Waals surface area contributed by atoms with Crippen LogP contribution < -0.4 is 5.56 Å². The molecule has 0 aliphatic rings. The van der Waals surface area contributed by atoms with Crippen molar-refractivity contribution in [1.82, 2.24) is 4.57 Å². The summed E-state index contributed by atoms with van der Waals surface area (Å²) in [6.45, 7) is 2.97. The maximum absolute atomic E-state index is 12.1. The number of nitrogens with zero attached hydrogens (tertiary/aromatic N) is 1. The van der Waals surface area contributed by atoms with Gasteiger partial charge in [-0.2, -0.15) is 0 Å². The molecule has 0 unspecified atom stereocenters. The molecular weight excluding hydrogens is 302 g/mol. The minimum Gasteiger partial charge on any atom is -0.480 e. The van der Waals surface area contributed by atoms with Crippen LogP contribution in [0.4, 0.5) is 0 Å². The fourth-order valence-electron chi connectivity index (χ4n) is 1.93. The molecule has 0 aliphatic carbocycles. The molecule has 2 aromatic rings. The molecule has 0 saturated heterocycles. The second-order valence-electron chi connectivity index (χ2n) is 5.42. The molecule has 0 radical (unpaired) electrons. The molecule has 2 rings (SSSR count). The molecule has 0 spiro atoms. The van der Waals surface area contributed by atoms with E-state index in [1.165, 1.54) is 30.7 Å². The standard InChI is InChI=1S/C17H16ClNO3/c1-17(2,16(21)22)19-10-9-13(11-15(19)20)4-3-12-5-7-14(18)8-6-12/h3-11H,1-2H3,(H,21,22)/b4-3+. The van der Waals surface area contributed by atoms with E-state index in [1.807, 2.05) is 18.2 Å². The zero-order valence-corrected chi connectivity index (χ0v) is 13.0. The maximum atomic E-state index is 12.1. The van der Waals surface area contributed by atoms with Gasteiger partial charge in [0.2, 0.25) is 0 Å². The van der Waals surface area contributed by atoms with Crippen molar-refractivity contribution in [2.75, 3.05) is 0 Å². The summed E-state index contributed by atoms with van der Waals surface area (Å²) < 4.78 is 1.20. The van der Waals surface area contributed by atoms with Crippen LogP contribution >= 0.6 is 11.6 Å². The maximum Gasteiger partial charge on any atom is 0.329 e. The van der Waals surface area contributed by atoms with Crippen LogP contribution in [-0.4, -0.2) is 15.6 Å². The van der Waals surface area contributed by atoms with Crippen LogP contribution in [0.25, 0.3) is 12.2 Å². The Morgan fingerprint density at radius 3 is 2.27 bits per heavy atom. The Labute approximate surface area is 133 Å². The zero-order valence-electron chi connectivity index (χ0n) is 12.3. The average molecular weight is 318 g/mol. The molecule has 0 atom stereocenters. The average Bonchev–Trinajstić information content (AvgIpc) is 2.46. The third-order valence-electron chi connectivity index (χ3n) is 3.41. The number of pyridine rings is 1. The van der Waals surface area contributed by atoms with E-state index in [-0.39, 0.29) is 5.56 Å². The van der Waals surface area contributed by atoms with Gasteiger partial charge < -0.3 is 5.11 Å². The smallest absolute Gasteiger partial charge is 0.329 e. The van der Waals surface area contributed by atoms with Gasteiger partial charge >= 0.3 is 5.97 Å². The third kappa shape index (κ3) is 3.46. The van der Waals surface area contributed by atoms with E-state index < -0.39 is 11.5 Å². The van der Waals surface area contributed by atoms with Crippen LogP contribution in [0.2, 0.25) is 5.02 Å². The molecule has 1 N–H and O–H groups in total. The molecule has 114 valence electrons. The van der Waals surface area contributed by atoms with Crippen LogP contribution in [-0.2, 0) is 10.3 Å². The summed E-state index contributed by atoms with van der Waals surface area (Å²) in [6, 6.07) is 10.4. The first-order valence-corrected chi connectivity index (χ1v) is 7.09. The van der Waals surface area contributed by atoms with Crippen LogP contribution in [0.5, 0.6) is 0 Å². The van der Waals surface area contributed by atoms with E-state index in [2.05, 4.69) is 0 Å².